The Balaban J connectivity index is 2.76. The van der Waals surface area contributed by atoms with Crippen molar-refractivity contribution in [3.8, 4) is 11.4 Å². The smallest absolute Gasteiger partial charge is 0.273 e. The molecule has 9 heteroatoms. The molecule has 2 aromatic rings. The van der Waals surface area contributed by atoms with Crippen LogP contribution < -0.4 is 5.14 Å². The molecule has 114 valence electrons. The first-order chi connectivity index (χ1) is 9.51. The maximum Gasteiger partial charge on any atom is 0.273 e. The predicted octanol–water partition coefficient (Wildman–Crippen LogP) is 2.14. The molecule has 6 nitrogen and oxygen atoms in total. The van der Waals surface area contributed by atoms with Crippen molar-refractivity contribution in [3.05, 3.63) is 29.0 Å². The second-order valence-electron chi connectivity index (χ2n) is 5.49. The van der Waals surface area contributed by atoms with Gasteiger partial charge >= 0.3 is 0 Å². The third-order valence-electron chi connectivity index (χ3n) is 2.74. The molecule has 2 rings (SSSR count). The van der Waals surface area contributed by atoms with Crippen LogP contribution in [0.15, 0.2) is 23.4 Å². The topological polar surface area (TPSA) is 90.9 Å². The summed E-state index contributed by atoms with van der Waals surface area (Å²) in [5, 5.41) is 12.2. The average molecular weight is 333 g/mol. The second-order valence-corrected chi connectivity index (χ2v) is 7.35. The molecule has 0 radical (unpaired) electrons. The Bertz CT molecular complexity index is 796. The van der Waals surface area contributed by atoms with Gasteiger partial charge < -0.3 is 0 Å². The molecule has 0 aliphatic heterocycles. The zero-order chi connectivity index (χ0) is 16.0. The molecule has 2 N–H and O–H groups in total. The largest absolute Gasteiger partial charge is 0.291 e. The Morgan fingerprint density at radius 2 is 1.90 bits per heavy atom. The molecule has 0 saturated heterocycles. The summed E-state index contributed by atoms with van der Waals surface area (Å²) >= 11 is 5.64. The van der Waals surface area contributed by atoms with E-state index in [0.29, 0.717) is 5.56 Å². The summed E-state index contributed by atoms with van der Waals surface area (Å²) in [6.07, 6.45) is 0. The van der Waals surface area contributed by atoms with Gasteiger partial charge in [-0.1, -0.05) is 11.6 Å². The first kappa shape index (κ1) is 15.9. The van der Waals surface area contributed by atoms with E-state index in [1.165, 1.54) is 22.8 Å². The molecular weight excluding hydrogens is 319 g/mol. The van der Waals surface area contributed by atoms with Gasteiger partial charge in [0.05, 0.1) is 5.02 Å². The summed E-state index contributed by atoms with van der Waals surface area (Å²) < 4.78 is 38.2. The number of nitrogens with two attached hydrogens (primary N) is 1. The highest BCUT2D eigenvalue weighted by molar-refractivity contribution is 7.89. The summed E-state index contributed by atoms with van der Waals surface area (Å²) in [6.45, 7) is 5.29. The van der Waals surface area contributed by atoms with Crippen LogP contribution in [0, 0.1) is 5.82 Å². The van der Waals surface area contributed by atoms with E-state index in [9.17, 15) is 12.8 Å². The monoisotopic (exact) mass is 332 g/mol. The van der Waals surface area contributed by atoms with Crippen molar-refractivity contribution >= 4 is 21.6 Å². The van der Waals surface area contributed by atoms with E-state index in [1.807, 2.05) is 0 Å². The molecule has 1 aromatic heterocycles. The second kappa shape index (κ2) is 5.04. The highest BCUT2D eigenvalue weighted by atomic mass is 35.5. The fraction of sp³-hybridized carbons (Fsp3) is 0.333. The Morgan fingerprint density at radius 1 is 1.29 bits per heavy atom. The quantitative estimate of drug-likeness (QED) is 0.912. The number of benzene rings is 1. The Hall–Kier alpha value is -1.51. The van der Waals surface area contributed by atoms with Gasteiger partial charge in [-0.2, -0.15) is 0 Å². The Kier molecular flexibility index (Phi) is 3.81. The molecule has 0 atom stereocenters. The molecule has 0 amide bonds. The fourth-order valence-electron chi connectivity index (χ4n) is 1.88. The van der Waals surface area contributed by atoms with Gasteiger partial charge in [0, 0.05) is 11.1 Å². The minimum atomic E-state index is -4.05. The molecule has 0 unspecified atom stereocenters. The normalized spacial score (nSPS) is 12.7. The van der Waals surface area contributed by atoms with Crippen LogP contribution >= 0.6 is 11.6 Å². The molecule has 0 aliphatic carbocycles. The lowest BCUT2D eigenvalue weighted by atomic mass is 10.1. The molecule has 1 heterocycles. The number of hydrogen-bond donors (Lipinski definition) is 1. The van der Waals surface area contributed by atoms with Gasteiger partial charge in [0.15, 0.2) is 5.82 Å². The van der Waals surface area contributed by atoms with E-state index in [0.717, 1.165) is 0 Å². The lowest BCUT2D eigenvalue weighted by Gasteiger charge is -2.24. The SMILES string of the molecule is CC(C)(C)n1c(-c2ccc(Cl)c(F)c2)nnc1S(N)(=O)=O. The average Bonchev–Trinajstić information content (AvgIpc) is 2.76. The van der Waals surface area contributed by atoms with E-state index >= 15 is 0 Å². The number of nitrogens with zero attached hydrogens (tertiary/aromatic N) is 3. The number of primary sulfonamides is 1. The number of rotatable bonds is 2. The predicted molar refractivity (Wildman–Crippen MR) is 76.8 cm³/mol. The highest BCUT2D eigenvalue weighted by Gasteiger charge is 2.29. The fourth-order valence-corrected chi connectivity index (χ4v) is 2.77. The number of aromatic nitrogens is 3. The maximum atomic E-state index is 13.6. The minimum Gasteiger partial charge on any atom is -0.291 e. The molecule has 1 aromatic carbocycles. The van der Waals surface area contributed by atoms with Gasteiger partial charge in [-0.25, -0.2) is 17.9 Å². The van der Waals surface area contributed by atoms with Crippen LogP contribution in [-0.2, 0) is 15.6 Å². The summed E-state index contributed by atoms with van der Waals surface area (Å²) in [6, 6.07) is 4.07. The van der Waals surface area contributed by atoms with Crippen molar-refractivity contribution in [2.75, 3.05) is 0 Å². The first-order valence-corrected chi connectivity index (χ1v) is 7.88. The van der Waals surface area contributed by atoms with Gasteiger partial charge in [-0.05, 0) is 39.0 Å². The molecule has 21 heavy (non-hydrogen) atoms. The van der Waals surface area contributed by atoms with Crippen LogP contribution in [0.4, 0.5) is 4.39 Å². The zero-order valence-corrected chi connectivity index (χ0v) is 13.2. The Morgan fingerprint density at radius 3 is 2.38 bits per heavy atom. The van der Waals surface area contributed by atoms with Gasteiger partial charge in [-0.15, -0.1) is 10.2 Å². The number of halogens is 2. The van der Waals surface area contributed by atoms with E-state index in [2.05, 4.69) is 10.2 Å². The summed E-state index contributed by atoms with van der Waals surface area (Å²) in [4.78, 5) is 0. The van der Waals surface area contributed by atoms with Crippen molar-refractivity contribution in [2.24, 2.45) is 5.14 Å². The third kappa shape index (κ3) is 3.07. The van der Waals surface area contributed by atoms with Crippen molar-refractivity contribution in [2.45, 2.75) is 31.5 Å². The molecule has 0 aliphatic rings. The van der Waals surface area contributed by atoms with E-state index in [1.54, 1.807) is 20.8 Å². The molecule has 0 fully saturated rings. The number of sulfonamides is 1. The van der Waals surface area contributed by atoms with Crippen molar-refractivity contribution in [1.82, 2.24) is 14.8 Å². The van der Waals surface area contributed by atoms with Gasteiger partial charge in [-0.3, -0.25) is 4.57 Å². The van der Waals surface area contributed by atoms with Crippen LogP contribution in [0.3, 0.4) is 0 Å². The molecule has 0 bridgehead atoms. The van der Waals surface area contributed by atoms with Crippen LogP contribution in [0.25, 0.3) is 11.4 Å². The van der Waals surface area contributed by atoms with Crippen molar-refractivity contribution in [3.63, 3.8) is 0 Å². The van der Waals surface area contributed by atoms with Gasteiger partial charge in [0.2, 0.25) is 0 Å². The lowest BCUT2D eigenvalue weighted by molar-refractivity contribution is 0.366. The third-order valence-corrected chi connectivity index (χ3v) is 3.82. The van der Waals surface area contributed by atoms with E-state index in [-0.39, 0.29) is 16.0 Å². The summed E-state index contributed by atoms with van der Waals surface area (Å²) in [5.41, 5.74) is -0.314. The summed E-state index contributed by atoms with van der Waals surface area (Å²) in [5.74, 6) is -0.433. The Labute approximate surface area is 126 Å². The summed E-state index contributed by atoms with van der Waals surface area (Å²) in [7, 11) is -4.05. The standard InChI is InChI=1S/C12H14ClFN4O2S/c1-12(2,3)18-10(16-17-11(18)21(15,19)20)7-4-5-8(13)9(14)6-7/h4-6H,1-3H3,(H2,15,19,20). The minimum absolute atomic E-state index is 0.0350. The van der Waals surface area contributed by atoms with Crippen LogP contribution in [-0.4, -0.2) is 23.2 Å². The van der Waals surface area contributed by atoms with E-state index < -0.39 is 21.4 Å². The van der Waals surface area contributed by atoms with Crippen LogP contribution in [0.5, 0.6) is 0 Å². The number of hydrogen-bond acceptors (Lipinski definition) is 4. The maximum absolute atomic E-state index is 13.6. The van der Waals surface area contributed by atoms with Crippen molar-refractivity contribution in [1.29, 1.82) is 0 Å². The van der Waals surface area contributed by atoms with E-state index in [4.69, 9.17) is 16.7 Å². The molecule has 0 spiro atoms. The van der Waals surface area contributed by atoms with Crippen LogP contribution in [0.1, 0.15) is 20.8 Å². The van der Waals surface area contributed by atoms with Gasteiger partial charge in [0.1, 0.15) is 5.82 Å². The van der Waals surface area contributed by atoms with Crippen molar-refractivity contribution < 1.29 is 12.8 Å². The van der Waals surface area contributed by atoms with Gasteiger partial charge in [0.25, 0.3) is 15.2 Å². The van der Waals surface area contributed by atoms with Crippen LogP contribution in [0.2, 0.25) is 5.02 Å². The zero-order valence-electron chi connectivity index (χ0n) is 11.6. The lowest BCUT2D eigenvalue weighted by Crippen LogP contribution is -2.29. The molecular formula is C12H14ClFN4O2S. The first-order valence-electron chi connectivity index (χ1n) is 5.96. The molecule has 0 saturated carbocycles. The highest BCUT2D eigenvalue weighted by Crippen LogP contribution is 2.29.